The standard InChI is InChI=1S/C12H15ClN6/c1-8(9-3-2-4-9)15-11-16-10(13)17-12(18-11)19-6-5-14-7-19/h5-9H,2-4H2,1H3,(H,15,16,17,18). The molecule has 100 valence electrons. The first kappa shape index (κ1) is 12.3. The fourth-order valence-corrected chi connectivity index (χ4v) is 2.31. The van der Waals surface area contributed by atoms with E-state index in [1.54, 1.807) is 23.3 Å². The molecule has 2 heterocycles. The van der Waals surface area contributed by atoms with Crippen molar-refractivity contribution in [3.63, 3.8) is 0 Å². The SMILES string of the molecule is CC(Nc1nc(Cl)nc(-n2ccnc2)n1)C1CCC1. The summed E-state index contributed by atoms with van der Waals surface area (Å²) in [6.07, 6.45) is 8.91. The van der Waals surface area contributed by atoms with Crippen LogP contribution in [0.3, 0.4) is 0 Å². The van der Waals surface area contributed by atoms with Gasteiger partial charge in [0.2, 0.25) is 17.2 Å². The third-order valence-corrected chi connectivity index (χ3v) is 3.71. The summed E-state index contributed by atoms with van der Waals surface area (Å²) in [4.78, 5) is 16.5. The van der Waals surface area contributed by atoms with E-state index in [0.29, 0.717) is 23.9 Å². The molecule has 1 atom stereocenters. The van der Waals surface area contributed by atoms with Crippen molar-refractivity contribution in [2.75, 3.05) is 5.32 Å². The number of halogens is 1. The maximum atomic E-state index is 5.94. The summed E-state index contributed by atoms with van der Waals surface area (Å²) in [6, 6.07) is 0.350. The molecular formula is C12H15ClN6. The van der Waals surface area contributed by atoms with Gasteiger partial charge in [-0.25, -0.2) is 4.98 Å². The van der Waals surface area contributed by atoms with Gasteiger partial charge in [0, 0.05) is 18.4 Å². The first-order valence-electron chi connectivity index (χ1n) is 6.39. The van der Waals surface area contributed by atoms with Crippen molar-refractivity contribution in [2.24, 2.45) is 5.92 Å². The normalized spacial score (nSPS) is 16.9. The maximum Gasteiger partial charge on any atom is 0.241 e. The van der Waals surface area contributed by atoms with E-state index in [0.717, 1.165) is 0 Å². The molecule has 19 heavy (non-hydrogen) atoms. The number of anilines is 1. The van der Waals surface area contributed by atoms with Gasteiger partial charge in [-0.2, -0.15) is 15.0 Å². The molecule has 1 unspecified atom stereocenters. The van der Waals surface area contributed by atoms with E-state index in [1.165, 1.54) is 19.3 Å². The van der Waals surface area contributed by atoms with Gasteiger partial charge in [-0.1, -0.05) is 6.42 Å². The zero-order valence-electron chi connectivity index (χ0n) is 10.6. The minimum atomic E-state index is 0.182. The van der Waals surface area contributed by atoms with Gasteiger partial charge in [0.15, 0.2) is 0 Å². The smallest absolute Gasteiger partial charge is 0.241 e. The quantitative estimate of drug-likeness (QED) is 0.929. The number of hydrogen-bond donors (Lipinski definition) is 1. The van der Waals surface area contributed by atoms with E-state index in [2.05, 4.69) is 32.2 Å². The van der Waals surface area contributed by atoms with Gasteiger partial charge in [-0.3, -0.25) is 4.57 Å². The lowest BCUT2D eigenvalue weighted by Crippen LogP contribution is -2.31. The molecule has 0 aromatic carbocycles. The molecule has 0 bridgehead atoms. The van der Waals surface area contributed by atoms with Crippen molar-refractivity contribution < 1.29 is 0 Å². The zero-order valence-corrected chi connectivity index (χ0v) is 11.4. The molecule has 2 aromatic rings. The molecule has 1 N–H and O–H groups in total. The molecule has 0 radical (unpaired) electrons. The molecule has 2 aromatic heterocycles. The Balaban J connectivity index is 1.81. The van der Waals surface area contributed by atoms with Crippen LogP contribution >= 0.6 is 11.6 Å². The third kappa shape index (κ3) is 2.68. The summed E-state index contributed by atoms with van der Waals surface area (Å²) in [5.74, 6) is 1.69. The van der Waals surface area contributed by atoms with E-state index in [9.17, 15) is 0 Å². The Labute approximate surface area is 116 Å². The number of rotatable bonds is 4. The third-order valence-electron chi connectivity index (χ3n) is 3.55. The van der Waals surface area contributed by atoms with Crippen molar-refractivity contribution in [2.45, 2.75) is 32.2 Å². The molecule has 0 aliphatic heterocycles. The van der Waals surface area contributed by atoms with E-state index in [1.807, 2.05) is 0 Å². The highest BCUT2D eigenvalue weighted by Crippen LogP contribution is 2.30. The predicted molar refractivity (Wildman–Crippen MR) is 72.4 cm³/mol. The molecule has 1 saturated carbocycles. The van der Waals surface area contributed by atoms with Crippen LogP contribution in [-0.4, -0.2) is 30.5 Å². The molecule has 1 aliphatic rings. The summed E-state index contributed by atoms with van der Waals surface area (Å²) < 4.78 is 1.70. The Bertz CT molecular complexity index is 551. The van der Waals surface area contributed by atoms with Gasteiger partial charge in [0.05, 0.1) is 0 Å². The lowest BCUT2D eigenvalue weighted by molar-refractivity contribution is 0.284. The molecule has 3 rings (SSSR count). The predicted octanol–water partition coefficient (Wildman–Crippen LogP) is 2.31. The fourth-order valence-electron chi connectivity index (χ4n) is 2.16. The zero-order chi connectivity index (χ0) is 13.2. The Morgan fingerprint density at radius 2 is 2.21 bits per heavy atom. The summed E-state index contributed by atoms with van der Waals surface area (Å²) >= 11 is 5.94. The van der Waals surface area contributed by atoms with Crippen LogP contribution in [0.5, 0.6) is 0 Å². The second-order valence-electron chi connectivity index (χ2n) is 4.82. The highest BCUT2D eigenvalue weighted by Gasteiger charge is 2.24. The number of nitrogens with zero attached hydrogens (tertiary/aromatic N) is 5. The molecule has 1 aliphatic carbocycles. The van der Waals surface area contributed by atoms with Crippen LogP contribution in [0.1, 0.15) is 26.2 Å². The van der Waals surface area contributed by atoms with Crippen LogP contribution in [0.25, 0.3) is 5.95 Å². The number of imidazole rings is 1. The second-order valence-corrected chi connectivity index (χ2v) is 5.16. The first-order chi connectivity index (χ1) is 9.22. The fraction of sp³-hybridized carbons (Fsp3) is 0.500. The van der Waals surface area contributed by atoms with Crippen molar-refractivity contribution in [3.8, 4) is 5.95 Å². The second kappa shape index (κ2) is 5.13. The van der Waals surface area contributed by atoms with Crippen LogP contribution in [0.4, 0.5) is 5.95 Å². The highest BCUT2D eigenvalue weighted by molar-refractivity contribution is 6.28. The average Bonchev–Trinajstić information content (AvgIpc) is 2.78. The Morgan fingerprint density at radius 3 is 2.84 bits per heavy atom. The Kier molecular flexibility index (Phi) is 3.33. The maximum absolute atomic E-state index is 5.94. The lowest BCUT2D eigenvalue weighted by atomic mass is 9.80. The van der Waals surface area contributed by atoms with Gasteiger partial charge >= 0.3 is 0 Å². The van der Waals surface area contributed by atoms with Crippen LogP contribution in [0, 0.1) is 5.92 Å². The van der Waals surface area contributed by atoms with Crippen LogP contribution in [0.15, 0.2) is 18.7 Å². The van der Waals surface area contributed by atoms with Crippen molar-refractivity contribution in [3.05, 3.63) is 24.0 Å². The van der Waals surface area contributed by atoms with E-state index in [-0.39, 0.29) is 5.28 Å². The topological polar surface area (TPSA) is 68.5 Å². The van der Waals surface area contributed by atoms with E-state index >= 15 is 0 Å². The van der Waals surface area contributed by atoms with E-state index < -0.39 is 0 Å². The van der Waals surface area contributed by atoms with Crippen LogP contribution in [-0.2, 0) is 0 Å². The number of nitrogens with one attached hydrogen (secondary N) is 1. The Hall–Kier alpha value is -1.69. The summed E-state index contributed by atoms with van der Waals surface area (Å²) in [7, 11) is 0. The Morgan fingerprint density at radius 1 is 1.37 bits per heavy atom. The van der Waals surface area contributed by atoms with Gasteiger partial charge < -0.3 is 5.32 Å². The van der Waals surface area contributed by atoms with Gasteiger partial charge in [0.1, 0.15) is 6.33 Å². The van der Waals surface area contributed by atoms with Crippen molar-refractivity contribution >= 4 is 17.5 Å². The highest BCUT2D eigenvalue weighted by atomic mass is 35.5. The van der Waals surface area contributed by atoms with Crippen LogP contribution in [0.2, 0.25) is 5.28 Å². The molecule has 0 amide bonds. The van der Waals surface area contributed by atoms with Crippen molar-refractivity contribution in [1.82, 2.24) is 24.5 Å². The number of hydrogen-bond acceptors (Lipinski definition) is 5. The van der Waals surface area contributed by atoms with Gasteiger partial charge in [0.25, 0.3) is 0 Å². The van der Waals surface area contributed by atoms with Crippen molar-refractivity contribution in [1.29, 1.82) is 0 Å². The van der Waals surface area contributed by atoms with Gasteiger partial charge in [-0.05, 0) is 37.3 Å². The molecule has 6 nitrogen and oxygen atoms in total. The summed E-state index contributed by atoms with van der Waals surface area (Å²) in [5.41, 5.74) is 0. The summed E-state index contributed by atoms with van der Waals surface area (Å²) in [6.45, 7) is 2.15. The average molecular weight is 279 g/mol. The molecule has 1 fully saturated rings. The van der Waals surface area contributed by atoms with Gasteiger partial charge in [-0.15, -0.1) is 0 Å². The molecule has 7 heteroatoms. The minimum Gasteiger partial charge on any atom is -0.351 e. The molecule has 0 saturated heterocycles. The van der Waals surface area contributed by atoms with E-state index in [4.69, 9.17) is 11.6 Å². The summed E-state index contributed by atoms with van der Waals surface area (Å²) in [5, 5.41) is 3.49. The number of aromatic nitrogens is 5. The van der Waals surface area contributed by atoms with Crippen LogP contribution < -0.4 is 5.32 Å². The molecule has 0 spiro atoms. The minimum absolute atomic E-state index is 0.182. The molecular weight excluding hydrogens is 264 g/mol. The lowest BCUT2D eigenvalue weighted by Gasteiger charge is -2.31. The largest absolute Gasteiger partial charge is 0.351 e. The first-order valence-corrected chi connectivity index (χ1v) is 6.76. The monoisotopic (exact) mass is 278 g/mol.